The molecule has 9 heteroatoms. The van der Waals surface area contributed by atoms with E-state index in [9.17, 15) is 14.9 Å². The molecule has 2 N–H and O–H groups in total. The quantitative estimate of drug-likeness (QED) is 0.502. The number of rotatable bonds is 6. The predicted molar refractivity (Wildman–Crippen MR) is 101 cm³/mol. The van der Waals surface area contributed by atoms with Crippen LogP contribution in [0.25, 0.3) is 10.2 Å². The minimum absolute atomic E-state index is 0.153. The van der Waals surface area contributed by atoms with E-state index >= 15 is 0 Å². The Morgan fingerprint density at radius 3 is 2.81 bits per heavy atom. The van der Waals surface area contributed by atoms with Gasteiger partial charge in [0.15, 0.2) is 5.13 Å². The molecule has 8 nitrogen and oxygen atoms in total. The highest BCUT2D eigenvalue weighted by Gasteiger charge is 2.18. The zero-order valence-electron chi connectivity index (χ0n) is 14.1. The Hall–Kier alpha value is -3.20. The van der Waals surface area contributed by atoms with Gasteiger partial charge in [0.25, 0.3) is 11.6 Å². The zero-order chi connectivity index (χ0) is 18.7. The fourth-order valence-electron chi connectivity index (χ4n) is 2.43. The number of nitro groups is 1. The topological polar surface area (TPSA) is 106 Å². The van der Waals surface area contributed by atoms with Crippen LogP contribution in [0, 0.1) is 10.1 Å². The molecule has 0 aliphatic rings. The monoisotopic (exact) mass is 372 g/mol. The number of fused-ring (bicyclic) bond motifs is 1. The Balaban J connectivity index is 1.89. The molecule has 1 heterocycles. The number of carbonyl (C=O) groups is 1. The lowest BCUT2D eigenvalue weighted by atomic mass is 10.1. The van der Waals surface area contributed by atoms with Gasteiger partial charge in [0.05, 0.1) is 27.3 Å². The van der Waals surface area contributed by atoms with Crippen molar-refractivity contribution in [3.63, 3.8) is 0 Å². The molecule has 0 spiro atoms. The summed E-state index contributed by atoms with van der Waals surface area (Å²) in [5, 5.41) is 16.9. The van der Waals surface area contributed by atoms with E-state index in [1.165, 1.54) is 29.5 Å². The van der Waals surface area contributed by atoms with Crippen LogP contribution < -0.4 is 15.4 Å². The maximum atomic E-state index is 12.6. The fraction of sp³-hybridized carbons (Fsp3) is 0.176. The highest BCUT2D eigenvalue weighted by Crippen LogP contribution is 2.30. The number of aromatic nitrogens is 1. The first-order chi connectivity index (χ1) is 12.5. The van der Waals surface area contributed by atoms with Crippen LogP contribution in [-0.2, 0) is 0 Å². The Bertz CT molecular complexity index is 986. The molecule has 1 amide bonds. The van der Waals surface area contributed by atoms with Gasteiger partial charge in [0, 0.05) is 24.9 Å². The maximum Gasteiger partial charge on any atom is 0.270 e. The number of hydrogen-bond donors (Lipinski definition) is 2. The highest BCUT2D eigenvalue weighted by atomic mass is 32.1. The first kappa shape index (κ1) is 17.6. The van der Waals surface area contributed by atoms with E-state index in [0.29, 0.717) is 17.4 Å². The molecule has 2 aromatic carbocycles. The van der Waals surface area contributed by atoms with Gasteiger partial charge in [-0.1, -0.05) is 11.3 Å². The van der Waals surface area contributed by atoms with Crippen molar-refractivity contribution in [1.82, 2.24) is 4.98 Å². The second-order valence-electron chi connectivity index (χ2n) is 5.27. The highest BCUT2D eigenvalue weighted by molar-refractivity contribution is 7.22. The molecule has 0 aliphatic carbocycles. The molecule has 134 valence electrons. The van der Waals surface area contributed by atoms with Crippen LogP contribution in [0.5, 0.6) is 5.75 Å². The number of amides is 1. The van der Waals surface area contributed by atoms with Gasteiger partial charge in [-0.2, -0.15) is 0 Å². The van der Waals surface area contributed by atoms with Crippen molar-refractivity contribution in [2.75, 3.05) is 24.3 Å². The summed E-state index contributed by atoms with van der Waals surface area (Å²) in [6.07, 6.45) is 0. The first-order valence-corrected chi connectivity index (χ1v) is 8.64. The maximum absolute atomic E-state index is 12.6. The molecule has 0 radical (unpaired) electrons. The van der Waals surface area contributed by atoms with Crippen molar-refractivity contribution < 1.29 is 14.5 Å². The van der Waals surface area contributed by atoms with Crippen LogP contribution in [-0.4, -0.2) is 29.5 Å². The van der Waals surface area contributed by atoms with Gasteiger partial charge >= 0.3 is 0 Å². The van der Waals surface area contributed by atoms with Crippen LogP contribution in [0.1, 0.15) is 17.3 Å². The molecular formula is C17H16N4O4S. The molecule has 0 aliphatic heterocycles. The van der Waals surface area contributed by atoms with E-state index in [0.717, 1.165) is 16.0 Å². The number of nitrogens with one attached hydrogen (secondary N) is 2. The number of anilines is 2. The molecule has 1 aromatic heterocycles. The number of ether oxygens (including phenoxy) is 1. The summed E-state index contributed by atoms with van der Waals surface area (Å²) >= 11 is 1.31. The third-order valence-electron chi connectivity index (χ3n) is 3.62. The summed E-state index contributed by atoms with van der Waals surface area (Å²) < 4.78 is 6.33. The minimum atomic E-state index is -0.539. The predicted octanol–water partition coefficient (Wildman–Crippen LogP) is 3.90. The van der Waals surface area contributed by atoms with Crippen molar-refractivity contribution in [2.24, 2.45) is 0 Å². The van der Waals surface area contributed by atoms with E-state index in [1.807, 2.05) is 25.1 Å². The molecule has 3 rings (SSSR count). The molecule has 3 aromatic rings. The SMILES string of the molecule is CCOc1ccc2nc(NC(=O)c3cc([N+](=O)[O-])ccc3NC)sc2c1. The van der Waals surface area contributed by atoms with Crippen molar-refractivity contribution in [3.05, 3.63) is 52.1 Å². The second kappa shape index (κ2) is 7.36. The lowest BCUT2D eigenvalue weighted by Gasteiger charge is -2.08. The third-order valence-corrected chi connectivity index (χ3v) is 4.55. The summed E-state index contributed by atoms with van der Waals surface area (Å²) in [6.45, 7) is 2.47. The Kier molecular flexibility index (Phi) is 4.99. The molecule has 26 heavy (non-hydrogen) atoms. The minimum Gasteiger partial charge on any atom is -0.494 e. The summed E-state index contributed by atoms with van der Waals surface area (Å²) in [4.78, 5) is 27.4. The van der Waals surface area contributed by atoms with Crippen molar-refractivity contribution in [2.45, 2.75) is 6.92 Å². The van der Waals surface area contributed by atoms with E-state index < -0.39 is 10.8 Å². The van der Waals surface area contributed by atoms with Crippen LogP contribution >= 0.6 is 11.3 Å². The zero-order valence-corrected chi connectivity index (χ0v) is 14.9. The van der Waals surface area contributed by atoms with Gasteiger partial charge in [-0.15, -0.1) is 0 Å². The van der Waals surface area contributed by atoms with Gasteiger partial charge in [-0.05, 0) is 31.2 Å². The lowest BCUT2D eigenvalue weighted by molar-refractivity contribution is -0.384. The van der Waals surface area contributed by atoms with Crippen LogP contribution in [0.3, 0.4) is 0 Å². The van der Waals surface area contributed by atoms with Gasteiger partial charge < -0.3 is 10.1 Å². The van der Waals surface area contributed by atoms with Crippen LogP contribution in [0.2, 0.25) is 0 Å². The van der Waals surface area contributed by atoms with Gasteiger partial charge in [-0.3, -0.25) is 20.2 Å². The first-order valence-electron chi connectivity index (χ1n) is 7.82. The van der Waals surface area contributed by atoms with Gasteiger partial charge in [0.1, 0.15) is 5.75 Å². The van der Waals surface area contributed by atoms with E-state index in [4.69, 9.17) is 4.74 Å². The Labute approximate surface area is 153 Å². The number of nitrogens with zero attached hydrogens (tertiary/aromatic N) is 2. The fourth-order valence-corrected chi connectivity index (χ4v) is 3.32. The average Bonchev–Trinajstić information content (AvgIpc) is 3.02. The number of thiazole rings is 1. The van der Waals surface area contributed by atoms with E-state index in [2.05, 4.69) is 15.6 Å². The number of benzene rings is 2. The molecule has 0 bridgehead atoms. The van der Waals surface area contributed by atoms with Crippen molar-refractivity contribution in [3.8, 4) is 5.75 Å². The Morgan fingerprint density at radius 2 is 2.12 bits per heavy atom. The standard InChI is InChI=1S/C17H16N4O4S/c1-3-25-11-5-7-14-15(9-11)26-17(19-14)20-16(22)12-8-10(21(23)24)4-6-13(12)18-2/h4-9,18H,3H2,1-2H3,(H,19,20,22). The summed E-state index contributed by atoms with van der Waals surface area (Å²) in [5.41, 5.74) is 1.25. The average molecular weight is 372 g/mol. The molecule has 0 unspecified atom stereocenters. The van der Waals surface area contributed by atoms with Crippen LogP contribution in [0.15, 0.2) is 36.4 Å². The third kappa shape index (κ3) is 3.57. The van der Waals surface area contributed by atoms with Crippen LogP contribution in [0.4, 0.5) is 16.5 Å². The lowest BCUT2D eigenvalue weighted by Crippen LogP contribution is -2.14. The number of nitro benzene ring substituents is 1. The summed E-state index contributed by atoms with van der Waals surface area (Å²) in [6, 6.07) is 9.57. The number of hydrogen-bond acceptors (Lipinski definition) is 7. The van der Waals surface area contributed by atoms with E-state index in [-0.39, 0.29) is 11.3 Å². The molecular weight excluding hydrogens is 356 g/mol. The number of non-ortho nitro benzene ring substituents is 1. The van der Waals surface area contributed by atoms with Crippen molar-refractivity contribution in [1.29, 1.82) is 0 Å². The van der Waals surface area contributed by atoms with E-state index in [1.54, 1.807) is 7.05 Å². The molecule has 0 saturated heterocycles. The largest absolute Gasteiger partial charge is 0.494 e. The molecule has 0 saturated carbocycles. The smallest absolute Gasteiger partial charge is 0.270 e. The van der Waals surface area contributed by atoms with Gasteiger partial charge in [-0.25, -0.2) is 4.98 Å². The van der Waals surface area contributed by atoms with Crippen molar-refractivity contribution >= 4 is 44.0 Å². The number of carbonyl (C=O) groups excluding carboxylic acids is 1. The molecule has 0 fully saturated rings. The Morgan fingerprint density at radius 1 is 1.31 bits per heavy atom. The van der Waals surface area contributed by atoms with Gasteiger partial charge in [0.2, 0.25) is 0 Å². The summed E-state index contributed by atoms with van der Waals surface area (Å²) in [5.74, 6) is 0.264. The molecule has 0 atom stereocenters. The normalized spacial score (nSPS) is 10.5. The summed E-state index contributed by atoms with van der Waals surface area (Å²) in [7, 11) is 1.64. The second-order valence-corrected chi connectivity index (χ2v) is 6.30.